The Balaban J connectivity index is 1.39. The number of halogens is 1. The minimum atomic E-state index is -3.13. The van der Waals surface area contributed by atoms with E-state index < -0.39 is 21.7 Å². The van der Waals surface area contributed by atoms with Crippen LogP contribution in [-0.2, 0) is 33.9 Å². The number of hydrogen-bond acceptors (Lipinski definition) is 6. The summed E-state index contributed by atoms with van der Waals surface area (Å²) in [4.78, 5) is 27.3. The van der Waals surface area contributed by atoms with Gasteiger partial charge in [0.25, 0.3) is 5.91 Å². The molecule has 2 N–H and O–H groups in total. The summed E-state index contributed by atoms with van der Waals surface area (Å²) in [6.45, 7) is 2.16. The molecule has 1 aliphatic heterocycles. The van der Waals surface area contributed by atoms with Crippen LogP contribution in [0, 0.1) is 11.7 Å². The van der Waals surface area contributed by atoms with Crippen molar-refractivity contribution in [3.8, 4) is 0 Å². The summed E-state index contributed by atoms with van der Waals surface area (Å²) in [5, 5.41) is 6.77. The number of hydrogen-bond donors (Lipinski definition) is 2. The van der Waals surface area contributed by atoms with Gasteiger partial charge in [-0.05, 0) is 55.4 Å². The van der Waals surface area contributed by atoms with Gasteiger partial charge in [0.05, 0.1) is 29.8 Å². The number of sulfone groups is 1. The Hall–Kier alpha value is -2.72. The summed E-state index contributed by atoms with van der Waals surface area (Å²) >= 11 is 1.40. The molecule has 2 amide bonds. The number of carbonyl (C=O) groups excluding carboxylic acids is 2. The van der Waals surface area contributed by atoms with Crippen LogP contribution >= 0.6 is 11.3 Å². The highest BCUT2D eigenvalue weighted by atomic mass is 32.2. The van der Waals surface area contributed by atoms with E-state index in [2.05, 4.69) is 17.6 Å². The van der Waals surface area contributed by atoms with Gasteiger partial charge < -0.3 is 15.1 Å². The zero-order valence-electron chi connectivity index (χ0n) is 18.6. The molecule has 2 aromatic heterocycles. The van der Waals surface area contributed by atoms with E-state index in [1.54, 1.807) is 0 Å². The highest BCUT2D eigenvalue weighted by Gasteiger charge is 2.33. The largest absolute Gasteiger partial charge is 0.464 e. The number of thiophene rings is 1. The third kappa shape index (κ3) is 4.61. The van der Waals surface area contributed by atoms with Gasteiger partial charge >= 0.3 is 0 Å². The average molecular weight is 505 g/mol. The quantitative estimate of drug-likeness (QED) is 0.549. The smallest absolute Gasteiger partial charge is 0.254 e. The van der Waals surface area contributed by atoms with Gasteiger partial charge in [-0.25, -0.2) is 12.8 Å². The highest BCUT2D eigenvalue weighted by molar-refractivity contribution is 7.91. The molecule has 1 aliphatic carbocycles. The predicted molar refractivity (Wildman–Crippen MR) is 129 cm³/mol. The Kier molecular flexibility index (Phi) is 5.97. The van der Waals surface area contributed by atoms with Crippen molar-refractivity contribution in [2.45, 2.75) is 45.1 Å². The van der Waals surface area contributed by atoms with E-state index in [0.717, 1.165) is 29.7 Å². The van der Waals surface area contributed by atoms with Crippen LogP contribution in [0.2, 0.25) is 0 Å². The fourth-order valence-corrected chi connectivity index (χ4v) is 7.88. The van der Waals surface area contributed by atoms with E-state index >= 15 is 0 Å². The molecular formula is C24H25FN2O5S2. The van der Waals surface area contributed by atoms with Crippen LogP contribution < -0.4 is 10.6 Å². The summed E-state index contributed by atoms with van der Waals surface area (Å²) in [6, 6.07) is 3.73. The van der Waals surface area contributed by atoms with Gasteiger partial charge in [0.2, 0.25) is 5.91 Å². The molecule has 3 aromatic rings. The summed E-state index contributed by atoms with van der Waals surface area (Å²) in [7, 11) is -3.13. The first-order chi connectivity index (χ1) is 16.2. The number of carbonyl (C=O) groups is 2. The maximum absolute atomic E-state index is 13.7. The third-order valence-corrected chi connectivity index (χ3v) is 9.46. The van der Waals surface area contributed by atoms with Crippen LogP contribution in [0.25, 0.3) is 11.0 Å². The number of anilines is 1. The van der Waals surface area contributed by atoms with Crippen LogP contribution in [0.3, 0.4) is 0 Å². The van der Waals surface area contributed by atoms with Gasteiger partial charge in [-0.15, -0.1) is 11.3 Å². The second-order valence-corrected chi connectivity index (χ2v) is 12.6. The lowest BCUT2D eigenvalue weighted by Gasteiger charge is -2.19. The normalized spacial score (nSPS) is 21.4. The molecule has 10 heteroatoms. The standard InChI is InChI=1S/C24H25FN2O5S2/c1-13-2-4-17-20(8-13)33-24(22(17)23(29)26-16-6-7-34(30,31)12-16)27-21(28)9-14-11-32-19-5-3-15(25)10-18(14)19/h3,5,10-11,13,16H,2,4,6-9,12H2,1H3,(H,26,29)(H,27,28). The molecular weight excluding hydrogens is 479 g/mol. The minimum absolute atomic E-state index is 0.0304. The molecule has 0 radical (unpaired) electrons. The van der Waals surface area contributed by atoms with Crippen LogP contribution in [0.15, 0.2) is 28.9 Å². The molecule has 3 heterocycles. The maximum atomic E-state index is 13.7. The number of benzene rings is 1. The van der Waals surface area contributed by atoms with Crippen molar-refractivity contribution in [2.75, 3.05) is 16.8 Å². The lowest BCUT2D eigenvalue weighted by atomic mass is 9.88. The molecule has 7 nitrogen and oxygen atoms in total. The molecule has 0 bridgehead atoms. The van der Waals surface area contributed by atoms with Crippen molar-refractivity contribution in [3.63, 3.8) is 0 Å². The Morgan fingerprint density at radius 3 is 2.85 bits per heavy atom. The lowest BCUT2D eigenvalue weighted by Crippen LogP contribution is -2.36. The fraction of sp³-hybridized carbons (Fsp3) is 0.417. The average Bonchev–Trinajstić information content (AvgIpc) is 3.42. The molecule has 2 atom stereocenters. The summed E-state index contributed by atoms with van der Waals surface area (Å²) in [5.74, 6) is -0.605. The van der Waals surface area contributed by atoms with E-state index in [9.17, 15) is 22.4 Å². The first kappa shape index (κ1) is 23.0. The van der Waals surface area contributed by atoms with E-state index in [1.165, 1.54) is 35.8 Å². The van der Waals surface area contributed by atoms with Crippen LogP contribution in [0.4, 0.5) is 9.39 Å². The molecule has 1 saturated heterocycles. The van der Waals surface area contributed by atoms with Crippen LogP contribution in [-0.4, -0.2) is 37.8 Å². The zero-order valence-corrected chi connectivity index (χ0v) is 20.3. The summed E-state index contributed by atoms with van der Waals surface area (Å²) < 4.78 is 42.7. The van der Waals surface area contributed by atoms with Crippen LogP contribution in [0.1, 0.15) is 46.1 Å². The van der Waals surface area contributed by atoms with Gasteiger partial charge in [-0.3, -0.25) is 9.59 Å². The van der Waals surface area contributed by atoms with E-state index in [0.29, 0.717) is 39.4 Å². The van der Waals surface area contributed by atoms with E-state index in [-0.39, 0.29) is 29.7 Å². The molecule has 1 fully saturated rings. The number of rotatable bonds is 5. The van der Waals surface area contributed by atoms with Gasteiger partial charge in [0.1, 0.15) is 16.4 Å². The minimum Gasteiger partial charge on any atom is -0.464 e. The van der Waals surface area contributed by atoms with E-state index in [1.807, 2.05) is 0 Å². The Morgan fingerprint density at radius 1 is 1.26 bits per heavy atom. The van der Waals surface area contributed by atoms with Gasteiger partial charge in [-0.2, -0.15) is 0 Å². The maximum Gasteiger partial charge on any atom is 0.254 e. The van der Waals surface area contributed by atoms with E-state index in [4.69, 9.17) is 4.42 Å². The second-order valence-electron chi connectivity index (χ2n) is 9.26. The van der Waals surface area contributed by atoms with Crippen molar-refractivity contribution in [1.82, 2.24) is 5.32 Å². The van der Waals surface area contributed by atoms with Crippen molar-refractivity contribution in [2.24, 2.45) is 5.92 Å². The Labute approximate surface area is 200 Å². The lowest BCUT2D eigenvalue weighted by molar-refractivity contribution is -0.115. The Morgan fingerprint density at radius 2 is 2.09 bits per heavy atom. The number of amides is 2. The third-order valence-electron chi connectivity index (χ3n) is 6.53. The highest BCUT2D eigenvalue weighted by Crippen LogP contribution is 2.40. The van der Waals surface area contributed by atoms with Gasteiger partial charge in [0.15, 0.2) is 9.84 Å². The number of furan rings is 1. The molecule has 1 aromatic carbocycles. The summed E-state index contributed by atoms with van der Waals surface area (Å²) in [6.07, 6.45) is 4.32. The predicted octanol–water partition coefficient (Wildman–Crippen LogP) is 3.86. The molecule has 2 unspecified atom stereocenters. The molecule has 0 saturated carbocycles. The molecule has 0 spiro atoms. The molecule has 34 heavy (non-hydrogen) atoms. The van der Waals surface area contributed by atoms with Crippen molar-refractivity contribution in [3.05, 3.63) is 51.8 Å². The molecule has 5 rings (SSSR count). The topological polar surface area (TPSA) is 105 Å². The second kappa shape index (κ2) is 8.81. The van der Waals surface area contributed by atoms with Crippen molar-refractivity contribution < 1.29 is 26.8 Å². The molecule has 2 aliphatic rings. The summed E-state index contributed by atoms with van der Waals surface area (Å²) in [5.41, 5.74) is 2.43. The monoisotopic (exact) mass is 504 g/mol. The SMILES string of the molecule is CC1CCc2c(sc(NC(=O)Cc3coc4ccc(F)cc34)c2C(=O)NC2CCS(=O)(=O)C2)C1. The van der Waals surface area contributed by atoms with Crippen molar-refractivity contribution >= 4 is 49.0 Å². The van der Waals surface area contributed by atoms with Crippen molar-refractivity contribution in [1.29, 1.82) is 0 Å². The first-order valence-corrected chi connectivity index (χ1v) is 13.9. The fourth-order valence-electron chi connectivity index (χ4n) is 4.78. The zero-order chi connectivity index (χ0) is 24.0. The number of fused-ring (bicyclic) bond motifs is 2. The number of nitrogens with one attached hydrogen (secondary N) is 2. The first-order valence-electron chi connectivity index (χ1n) is 11.3. The Bertz CT molecular complexity index is 1390. The van der Waals surface area contributed by atoms with Gasteiger partial charge in [0, 0.05) is 21.9 Å². The molecule has 180 valence electrons. The van der Waals surface area contributed by atoms with Gasteiger partial charge in [-0.1, -0.05) is 6.92 Å². The van der Waals surface area contributed by atoms with Crippen LogP contribution in [0.5, 0.6) is 0 Å².